The van der Waals surface area contributed by atoms with E-state index in [1.54, 1.807) is 12.1 Å². The van der Waals surface area contributed by atoms with Crippen LogP contribution in [-0.2, 0) is 0 Å². The van der Waals surface area contributed by atoms with E-state index in [0.29, 0.717) is 11.3 Å². The Hall–Kier alpha value is -2.93. The number of benzene rings is 2. The molecule has 0 aliphatic heterocycles. The number of hydrogen-bond acceptors (Lipinski definition) is 4. The number of carboxylic acid groups (broad SMARTS) is 1. The summed E-state index contributed by atoms with van der Waals surface area (Å²) >= 11 is 5.04. The van der Waals surface area contributed by atoms with Crippen LogP contribution in [0.2, 0.25) is 0 Å². The predicted octanol–water partition coefficient (Wildman–Crippen LogP) is 2.53. The lowest BCUT2D eigenvalue weighted by atomic mass is 10.1. The standard InChI is InChI=1S/C16H14N2O4S/c1-9-4-2-3-5-11(9)14(20)18-16(23)17-10-6-7-12(15(21)22)13(19)8-10/h2-8,19H,1H3,(H,21,22)(H2,17,18,20,23). The molecule has 0 atom stereocenters. The zero-order valence-corrected chi connectivity index (χ0v) is 13.0. The molecule has 6 nitrogen and oxygen atoms in total. The molecule has 2 rings (SSSR count). The molecule has 7 heteroatoms. The Morgan fingerprint density at radius 3 is 2.39 bits per heavy atom. The van der Waals surface area contributed by atoms with Crippen LogP contribution < -0.4 is 10.6 Å². The van der Waals surface area contributed by atoms with Gasteiger partial charge in [0.2, 0.25) is 0 Å². The maximum atomic E-state index is 12.1. The van der Waals surface area contributed by atoms with Crippen LogP contribution in [0.4, 0.5) is 5.69 Å². The van der Waals surface area contributed by atoms with Crippen LogP contribution in [0.15, 0.2) is 42.5 Å². The van der Waals surface area contributed by atoms with Crippen molar-refractivity contribution in [2.75, 3.05) is 5.32 Å². The lowest BCUT2D eigenvalue weighted by Crippen LogP contribution is -2.34. The molecule has 0 aliphatic rings. The first kappa shape index (κ1) is 16.4. The highest BCUT2D eigenvalue weighted by molar-refractivity contribution is 7.80. The SMILES string of the molecule is Cc1ccccc1C(=O)NC(=S)Nc1ccc(C(=O)O)c(O)c1. The van der Waals surface area contributed by atoms with Gasteiger partial charge in [-0.3, -0.25) is 10.1 Å². The van der Waals surface area contributed by atoms with E-state index < -0.39 is 11.7 Å². The van der Waals surface area contributed by atoms with Crippen LogP contribution in [0.5, 0.6) is 5.75 Å². The van der Waals surface area contributed by atoms with Gasteiger partial charge in [0, 0.05) is 17.3 Å². The number of carboxylic acids is 1. The lowest BCUT2D eigenvalue weighted by Gasteiger charge is -2.11. The third-order valence-corrected chi connectivity index (χ3v) is 3.31. The van der Waals surface area contributed by atoms with Gasteiger partial charge in [0.25, 0.3) is 5.91 Å². The number of aryl methyl sites for hydroxylation is 1. The Balaban J connectivity index is 2.05. The van der Waals surface area contributed by atoms with E-state index in [1.165, 1.54) is 18.2 Å². The molecule has 0 spiro atoms. The number of carbonyl (C=O) groups excluding carboxylic acids is 1. The lowest BCUT2D eigenvalue weighted by molar-refractivity contribution is 0.0693. The molecule has 0 saturated carbocycles. The molecule has 0 bridgehead atoms. The van der Waals surface area contributed by atoms with Gasteiger partial charge in [0.1, 0.15) is 11.3 Å². The second-order valence-corrected chi connectivity index (χ2v) is 5.17. The number of hydrogen-bond donors (Lipinski definition) is 4. The highest BCUT2D eigenvalue weighted by Gasteiger charge is 2.12. The molecule has 0 aliphatic carbocycles. The van der Waals surface area contributed by atoms with E-state index in [2.05, 4.69) is 10.6 Å². The van der Waals surface area contributed by atoms with E-state index in [1.807, 2.05) is 19.1 Å². The molecule has 0 radical (unpaired) electrons. The number of aromatic carboxylic acids is 1. The Morgan fingerprint density at radius 1 is 1.09 bits per heavy atom. The highest BCUT2D eigenvalue weighted by atomic mass is 32.1. The molecule has 2 aromatic rings. The smallest absolute Gasteiger partial charge is 0.339 e. The maximum Gasteiger partial charge on any atom is 0.339 e. The predicted molar refractivity (Wildman–Crippen MR) is 89.9 cm³/mol. The van der Waals surface area contributed by atoms with E-state index in [4.69, 9.17) is 17.3 Å². The summed E-state index contributed by atoms with van der Waals surface area (Å²) in [6.45, 7) is 1.81. The minimum Gasteiger partial charge on any atom is -0.507 e. The van der Waals surface area contributed by atoms with Gasteiger partial charge in [0.05, 0.1) is 0 Å². The van der Waals surface area contributed by atoms with Crippen molar-refractivity contribution in [3.63, 3.8) is 0 Å². The first-order valence-electron chi connectivity index (χ1n) is 6.62. The van der Waals surface area contributed by atoms with Crippen LogP contribution in [0.25, 0.3) is 0 Å². The Morgan fingerprint density at radius 2 is 1.78 bits per heavy atom. The van der Waals surface area contributed by atoms with Crippen molar-refractivity contribution in [3.05, 3.63) is 59.2 Å². The largest absolute Gasteiger partial charge is 0.507 e. The number of aromatic hydroxyl groups is 1. The summed E-state index contributed by atoms with van der Waals surface area (Å²) in [5.74, 6) is -1.98. The van der Waals surface area contributed by atoms with Crippen LogP contribution >= 0.6 is 12.2 Å². The first-order chi connectivity index (χ1) is 10.9. The molecule has 0 fully saturated rings. The van der Waals surface area contributed by atoms with Crippen LogP contribution in [0.3, 0.4) is 0 Å². The topological polar surface area (TPSA) is 98.7 Å². The molecule has 0 aromatic heterocycles. The number of rotatable bonds is 3. The first-order valence-corrected chi connectivity index (χ1v) is 7.03. The fourth-order valence-electron chi connectivity index (χ4n) is 1.95. The van der Waals surface area contributed by atoms with Gasteiger partial charge in [-0.25, -0.2) is 4.79 Å². The molecule has 0 saturated heterocycles. The Bertz CT molecular complexity index is 789. The highest BCUT2D eigenvalue weighted by Crippen LogP contribution is 2.21. The van der Waals surface area contributed by atoms with E-state index in [-0.39, 0.29) is 16.6 Å². The summed E-state index contributed by atoms with van der Waals surface area (Å²) in [5.41, 5.74) is 1.46. The van der Waals surface area contributed by atoms with Crippen molar-refractivity contribution in [2.45, 2.75) is 6.92 Å². The number of anilines is 1. The molecule has 0 unspecified atom stereocenters. The summed E-state index contributed by atoms with van der Waals surface area (Å²) < 4.78 is 0. The number of carbonyl (C=O) groups is 2. The normalized spacial score (nSPS) is 9.96. The third-order valence-electron chi connectivity index (χ3n) is 3.10. The fraction of sp³-hybridized carbons (Fsp3) is 0.0625. The zero-order valence-electron chi connectivity index (χ0n) is 12.2. The van der Waals surface area contributed by atoms with Crippen molar-refractivity contribution in [1.29, 1.82) is 0 Å². The Kier molecular flexibility index (Phi) is 4.92. The summed E-state index contributed by atoms with van der Waals surface area (Å²) in [5, 5.41) is 23.7. The second kappa shape index (κ2) is 6.89. The van der Waals surface area contributed by atoms with Crippen LogP contribution in [0, 0.1) is 6.92 Å². The number of amides is 1. The second-order valence-electron chi connectivity index (χ2n) is 4.76. The number of thiocarbonyl (C=S) groups is 1. The minimum atomic E-state index is -1.23. The monoisotopic (exact) mass is 330 g/mol. The van der Waals surface area contributed by atoms with Crippen LogP contribution in [0.1, 0.15) is 26.3 Å². The van der Waals surface area contributed by atoms with Gasteiger partial charge in [-0.15, -0.1) is 0 Å². The molecule has 4 N–H and O–H groups in total. The van der Waals surface area contributed by atoms with Gasteiger partial charge in [-0.05, 0) is 42.9 Å². The molecular formula is C16H14N2O4S. The van der Waals surface area contributed by atoms with Crippen molar-refractivity contribution >= 4 is 34.9 Å². The van der Waals surface area contributed by atoms with Crippen molar-refractivity contribution in [1.82, 2.24) is 5.32 Å². The third kappa shape index (κ3) is 4.04. The van der Waals surface area contributed by atoms with E-state index in [9.17, 15) is 14.7 Å². The summed E-state index contributed by atoms with van der Waals surface area (Å²) in [6.07, 6.45) is 0. The van der Waals surface area contributed by atoms with E-state index in [0.717, 1.165) is 5.56 Å². The quantitative estimate of drug-likeness (QED) is 0.646. The van der Waals surface area contributed by atoms with Crippen molar-refractivity contribution < 1.29 is 19.8 Å². The summed E-state index contributed by atoms with van der Waals surface area (Å²) in [4.78, 5) is 22.9. The molecule has 118 valence electrons. The molecule has 2 aromatic carbocycles. The van der Waals surface area contributed by atoms with Crippen LogP contribution in [-0.4, -0.2) is 27.2 Å². The molecule has 23 heavy (non-hydrogen) atoms. The Labute approximate surface area is 137 Å². The van der Waals surface area contributed by atoms with Crippen molar-refractivity contribution in [2.24, 2.45) is 0 Å². The van der Waals surface area contributed by atoms with Gasteiger partial charge in [-0.1, -0.05) is 18.2 Å². The van der Waals surface area contributed by atoms with Gasteiger partial charge >= 0.3 is 5.97 Å². The molecule has 0 heterocycles. The number of phenols is 1. The van der Waals surface area contributed by atoms with Gasteiger partial charge in [0.15, 0.2) is 5.11 Å². The minimum absolute atomic E-state index is 0.0423. The van der Waals surface area contributed by atoms with E-state index >= 15 is 0 Å². The maximum absolute atomic E-state index is 12.1. The van der Waals surface area contributed by atoms with Gasteiger partial charge < -0.3 is 15.5 Å². The molecular weight excluding hydrogens is 316 g/mol. The zero-order chi connectivity index (χ0) is 17.0. The van der Waals surface area contributed by atoms with Crippen molar-refractivity contribution in [3.8, 4) is 5.75 Å². The average Bonchev–Trinajstić information content (AvgIpc) is 2.47. The number of nitrogens with one attached hydrogen (secondary N) is 2. The average molecular weight is 330 g/mol. The summed E-state index contributed by atoms with van der Waals surface area (Å²) in [6, 6.07) is 11.0. The van der Waals surface area contributed by atoms with Gasteiger partial charge in [-0.2, -0.15) is 0 Å². The summed E-state index contributed by atoms with van der Waals surface area (Å²) in [7, 11) is 0. The molecule has 1 amide bonds. The fourth-order valence-corrected chi connectivity index (χ4v) is 2.16.